The third-order valence-corrected chi connectivity index (χ3v) is 4.24. The Kier molecular flexibility index (Phi) is 6.51. The van der Waals surface area contributed by atoms with Gasteiger partial charge in [-0.15, -0.1) is 0 Å². The van der Waals surface area contributed by atoms with Gasteiger partial charge in [0.2, 0.25) is 0 Å². The van der Waals surface area contributed by atoms with E-state index in [-0.39, 0.29) is 18.5 Å². The fraction of sp³-hybridized carbons (Fsp3) is 1.00. The summed E-state index contributed by atoms with van der Waals surface area (Å²) in [5.41, 5.74) is 0. The normalized spacial score (nSPS) is 19.6. The molecule has 1 N–H and O–H groups in total. The van der Waals surface area contributed by atoms with Gasteiger partial charge in [-0.2, -0.15) is 8.42 Å². The zero-order valence-corrected chi connectivity index (χ0v) is 12.0. The maximum Gasteiger partial charge on any atom is 0.268 e. The van der Waals surface area contributed by atoms with Crippen LogP contribution in [0, 0.1) is 0 Å². The monoisotopic (exact) mass is 280 g/mol. The molecule has 1 fully saturated rings. The number of rotatable bonds is 7. The van der Waals surface area contributed by atoms with E-state index in [4.69, 9.17) is 9.29 Å². The number of hydrogen-bond donors (Lipinski definition) is 1. The zero-order chi connectivity index (χ0) is 13.6. The van der Waals surface area contributed by atoms with Crippen molar-refractivity contribution in [2.24, 2.45) is 0 Å². The van der Waals surface area contributed by atoms with Crippen LogP contribution in [-0.2, 0) is 14.3 Å². The lowest BCUT2D eigenvalue weighted by Gasteiger charge is -2.34. The lowest BCUT2D eigenvalue weighted by molar-refractivity contribution is 0.116. The summed E-state index contributed by atoms with van der Waals surface area (Å²) in [6.45, 7) is 8.27. The quantitative estimate of drug-likeness (QED) is 0.625. The van der Waals surface area contributed by atoms with Gasteiger partial charge in [0, 0.05) is 39.3 Å². The van der Waals surface area contributed by atoms with Crippen LogP contribution in [0.5, 0.6) is 0 Å². The van der Waals surface area contributed by atoms with Crippen molar-refractivity contribution in [3.05, 3.63) is 0 Å². The van der Waals surface area contributed by atoms with Crippen molar-refractivity contribution in [1.82, 2.24) is 9.80 Å². The van der Waals surface area contributed by atoms with Crippen molar-refractivity contribution in [1.29, 1.82) is 0 Å². The number of hydrogen-bond acceptors (Lipinski definition) is 6. The van der Waals surface area contributed by atoms with Crippen molar-refractivity contribution in [2.75, 3.05) is 51.6 Å². The first kappa shape index (κ1) is 15.8. The Bertz CT molecular complexity index is 324. The smallest absolute Gasteiger partial charge is 0.268 e. The van der Waals surface area contributed by atoms with E-state index < -0.39 is 10.1 Å². The lowest BCUT2D eigenvalue weighted by Crippen LogP contribution is -2.48. The Morgan fingerprint density at radius 1 is 1.11 bits per heavy atom. The van der Waals surface area contributed by atoms with Crippen LogP contribution in [0.15, 0.2) is 0 Å². The Morgan fingerprint density at radius 3 is 2.06 bits per heavy atom. The molecule has 1 aliphatic rings. The maximum atomic E-state index is 11.6. The molecule has 1 saturated heterocycles. The number of aliphatic hydroxyl groups is 1. The van der Waals surface area contributed by atoms with Crippen LogP contribution >= 0.6 is 0 Å². The molecular formula is C11H24N2O4S. The summed E-state index contributed by atoms with van der Waals surface area (Å²) in [6.07, 6.45) is -0.295. The SMILES string of the molecule is CC(C)OS(=O)(=O)CCN1CCN(CCO)CC1. The molecule has 0 unspecified atom stereocenters. The molecule has 0 spiro atoms. The van der Waals surface area contributed by atoms with E-state index in [1.165, 1.54) is 0 Å². The van der Waals surface area contributed by atoms with Crippen LogP contribution in [0.3, 0.4) is 0 Å². The third kappa shape index (κ3) is 6.10. The van der Waals surface area contributed by atoms with Gasteiger partial charge in [-0.3, -0.25) is 14.0 Å². The van der Waals surface area contributed by atoms with Gasteiger partial charge in [-0.1, -0.05) is 0 Å². The van der Waals surface area contributed by atoms with E-state index in [0.717, 1.165) is 26.2 Å². The van der Waals surface area contributed by atoms with E-state index >= 15 is 0 Å². The lowest BCUT2D eigenvalue weighted by atomic mass is 10.3. The van der Waals surface area contributed by atoms with Crippen molar-refractivity contribution < 1.29 is 17.7 Å². The molecule has 0 radical (unpaired) electrons. The molecule has 0 amide bonds. The molecule has 0 atom stereocenters. The fourth-order valence-electron chi connectivity index (χ4n) is 1.96. The van der Waals surface area contributed by atoms with E-state index in [2.05, 4.69) is 9.80 Å². The number of nitrogens with zero attached hydrogens (tertiary/aromatic N) is 2. The van der Waals surface area contributed by atoms with Crippen LogP contribution in [0.25, 0.3) is 0 Å². The van der Waals surface area contributed by atoms with Gasteiger partial charge >= 0.3 is 0 Å². The minimum Gasteiger partial charge on any atom is -0.395 e. The minimum atomic E-state index is -3.40. The molecular weight excluding hydrogens is 256 g/mol. The standard InChI is InChI=1S/C11H24N2O4S/c1-11(2)17-18(15,16)10-8-13-5-3-12(4-6-13)7-9-14/h11,14H,3-10H2,1-2H3. The molecule has 0 saturated carbocycles. The van der Waals surface area contributed by atoms with Crippen molar-refractivity contribution >= 4 is 10.1 Å². The van der Waals surface area contributed by atoms with E-state index in [1.807, 2.05) is 0 Å². The summed E-state index contributed by atoms with van der Waals surface area (Å²) < 4.78 is 28.0. The number of β-amino-alcohol motifs (C(OH)–C–C–N with tert-alkyl or cyclic N) is 1. The largest absolute Gasteiger partial charge is 0.395 e. The number of piperazine rings is 1. The summed E-state index contributed by atoms with van der Waals surface area (Å²) in [7, 11) is -3.40. The summed E-state index contributed by atoms with van der Waals surface area (Å²) in [4.78, 5) is 4.30. The first-order chi connectivity index (χ1) is 8.43. The van der Waals surface area contributed by atoms with Crippen LogP contribution in [-0.4, -0.2) is 81.1 Å². The average molecular weight is 280 g/mol. The molecule has 0 aromatic heterocycles. The van der Waals surface area contributed by atoms with E-state index in [0.29, 0.717) is 13.1 Å². The van der Waals surface area contributed by atoms with Crippen molar-refractivity contribution in [2.45, 2.75) is 20.0 Å². The van der Waals surface area contributed by atoms with Crippen LogP contribution in [0.2, 0.25) is 0 Å². The Morgan fingerprint density at radius 2 is 1.61 bits per heavy atom. The van der Waals surface area contributed by atoms with Gasteiger partial charge < -0.3 is 5.11 Å². The summed E-state index contributed by atoms with van der Waals surface area (Å²) in [6, 6.07) is 0. The molecule has 6 nitrogen and oxygen atoms in total. The topological polar surface area (TPSA) is 70.1 Å². The molecule has 1 rings (SSSR count). The van der Waals surface area contributed by atoms with Gasteiger partial charge in [-0.25, -0.2) is 0 Å². The maximum absolute atomic E-state index is 11.6. The first-order valence-corrected chi connectivity index (χ1v) is 7.97. The molecule has 1 heterocycles. The third-order valence-electron chi connectivity index (χ3n) is 2.88. The Labute approximate surface area is 110 Å². The summed E-state index contributed by atoms with van der Waals surface area (Å²) >= 11 is 0. The Hall–Kier alpha value is -0.210. The van der Waals surface area contributed by atoms with Gasteiger partial charge in [0.15, 0.2) is 0 Å². The molecule has 0 aromatic carbocycles. The highest BCUT2D eigenvalue weighted by Crippen LogP contribution is 2.04. The zero-order valence-electron chi connectivity index (χ0n) is 11.2. The van der Waals surface area contributed by atoms with Gasteiger partial charge in [0.25, 0.3) is 10.1 Å². The van der Waals surface area contributed by atoms with Crippen LogP contribution < -0.4 is 0 Å². The highest BCUT2D eigenvalue weighted by molar-refractivity contribution is 7.86. The van der Waals surface area contributed by atoms with E-state index in [1.54, 1.807) is 13.8 Å². The molecule has 18 heavy (non-hydrogen) atoms. The molecule has 0 aliphatic carbocycles. The van der Waals surface area contributed by atoms with Crippen molar-refractivity contribution in [3.8, 4) is 0 Å². The first-order valence-electron chi connectivity index (χ1n) is 6.39. The number of aliphatic hydroxyl groups excluding tert-OH is 1. The van der Waals surface area contributed by atoms with Crippen LogP contribution in [0.1, 0.15) is 13.8 Å². The van der Waals surface area contributed by atoms with Gasteiger partial charge in [0.05, 0.1) is 18.5 Å². The molecule has 7 heteroatoms. The average Bonchev–Trinajstić information content (AvgIpc) is 2.27. The summed E-state index contributed by atoms with van der Waals surface area (Å²) in [5.74, 6) is 0.0468. The molecule has 0 bridgehead atoms. The van der Waals surface area contributed by atoms with Gasteiger partial charge in [0.1, 0.15) is 0 Å². The fourth-order valence-corrected chi connectivity index (χ4v) is 3.12. The minimum absolute atomic E-state index is 0.0468. The highest BCUT2D eigenvalue weighted by Gasteiger charge is 2.19. The molecule has 108 valence electrons. The van der Waals surface area contributed by atoms with Gasteiger partial charge in [-0.05, 0) is 13.8 Å². The van der Waals surface area contributed by atoms with E-state index in [9.17, 15) is 8.42 Å². The van der Waals surface area contributed by atoms with Crippen molar-refractivity contribution in [3.63, 3.8) is 0 Å². The predicted molar refractivity (Wildman–Crippen MR) is 70.0 cm³/mol. The summed E-state index contributed by atoms with van der Waals surface area (Å²) in [5, 5.41) is 8.83. The second kappa shape index (κ2) is 7.40. The molecule has 0 aromatic rings. The predicted octanol–water partition coefficient (Wildman–Crippen LogP) is -0.649. The Balaban J connectivity index is 2.25. The second-order valence-corrected chi connectivity index (χ2v) is 6.53. The van der Waals surface area contributed by atoms with Crippen LogP contribution in [0.4, 0.5) is 0 Å². The highest BCUT2D eigenvalue weighted by atomic mass is 32.2. The second-order valence-electron chi connectivity index (χ2n) is 4.81. The molecule has 1 aliphatic heterocycles.